The first-order chi connectivity index (χ1) is 12.3. The molecule has 0 aliphatic rings. The third kappa shape index (κ3) is 5.50. The minimum Gasteiger partial charge on any atom is -0.491 e. The molecule has 26 heavy (non-hydrogen) atoms. The third-order valence-corrected chi connectivity index (χ3v) is 3.52. The van der Waals surface area contributed by atoms with Crippen LogP contribution in [-0.4, -0.2) is 22.7 Å². The summed E-state index contributed by atoms with van der Waals surface area (Å²) in [5, 5.41) is 2.87. The van der Waals surface area contributed by atoms with E-state index in [9.17, 15) is 13.2 Å². The number of alkyl halides is 3. The molecule has 1 unspecified atom stereocenters. The zero-order valence-corrected chi connectivity index (χ0v) is 14.9. The normalized spacial score (nSPS) is 12.5. The van der Waals surface area contributed by atoms with Gasteiger partial charge < -0.3 is 14.8 Å². The Balaban J connectivity index is 2.16. The fourth-order valence-corrected chi connectivity index (χ4v) is 1.99. The second-order valence-electron chi connectivity index (χ2n) is 5.74. The van der Waals surface area contributed by atoms with Crippen molar-refractivity contribution in [2.75, 3.05) is 11.9 Å². The number of hydrogen-bond acceptors (Lipinski definition) is 5. The molecule has 5 nitrogen and oxygen atoms in total. The van der Waals surface area contributed by atoms with Gasteiger partial charge in [0.2, 0.25) is 11.8 Å². The number of halogens is 3. The smallest absolute Gasteiger partial charge is 0.423 e. The summed E-state index contributed by atoms with van der Waals surface area (Å²) >= 11 is 0. The molecule has 1 atom stereocenters. The van der Waals surface area contributed by atoms with Gasteiger partial charge in [-0.3, -0.25) is 0 Å². The van der Waals surface area contributed by atoms with E-state index >= 15 is 0 Å². The highest BCUT2D eigenvalue weighted by molar-refractivity contribution is 5.55. The second kappa shape index (κ2) is 8.73. The van der Waals surface area contributed by atoms with E-state index in [0.717, 1.165) is 12.6 Å². The molecule has 2 rings (SSSR count). The molecule has 2 aromatic rings. The zero-order chi connectivity index (χ0) is 19.2. The average molecular weight is 369 g/mol. The van der Waals surface area contributed by atoms with Gasteiger partial charge in [-0.25, -0.2) is 4.98 Å². The van der Waals surface area contributed by atoms with E-state index in [-0.39, 0.29) is 18.7 Å². The Morgan fingerprint density at radius 1 is 1.15 bits per heavy atom. The van der Waals surface area contributed by atoms with E-state index in [4.69, 9.17) is 9.47 Å². The first-order valence-electron chi connectivity index (χ1n) is 8.44. The largest absolute Gasteiger partial charge is 0.491 e. The molecule has 0 aliphatic carbocycles. The second-order valence-corrected chi connectivity index (χ2v) is 5.74. The van der Waals surface area contributed by atoms with Crippen molar-refractivity contribution < 1.29 is 22.6 Å². The van der Waals surface area contributed by atoms with E-state index in [2.05, 4.69) is 15.3 Å². The van der Waals surface area contributed by atoms with Crippen molar-refractivity contribution >= 4 is 11.6 Å². The highest BCUT2D eigenvalue weighted by Gasteiger charge is 2.36. The average Bonchev–Trinajstić information content (AvgIpc) is 2.60. The van der Waals surface area contributed by atoms with Gasteiger partial charge in [0.1, 0.15) is 11.3 Å². The van der Waals surface area contributed by atoms with Crippen LogP contribution >= 0.6 is 0 Å². The molecule has 0 saturated carbocycles. The lowest BCUT2D eigenvalue weighted by atomic mass is 10.3. The Labute approximate surface area is 150 Å². The molecular weight excluding hydrogens is 347 g/mol. The highest BCUT2D eigenvalue weighted by atomic mass is 19.4. The molecule has 8 heteroatoms. The summed E-state index contributed by atoms with van der Waals surface area (Å²) in [7, 11) is 0. The Bertz CT molecular complexity index is 706. The fraction of sp³-hybridized carbons (Fsp3) is 0.444. The van der Waals surface area contributed by atoms with Crippen molar-refractivity contribution in [3.8, 4) is 11.6 Å². The molecule has 0 aliphatic heterocycles. The van der Waals surface area contributed by atoms with Crippen LogP contribution < -0.4 is 14.8 Å². The molecule has 1 aromatic heterocycles. The summed E-state index contributed by atoms with van der Waals surface area (Å²) in [5.74, 6) is 0.262. The molecule has 0 amide bonds. The van der Waals surface area contributed by atoms with E-state index in [0.29, 0.717) is 17.9 Å². The van der Waals surface area contributed by atoms with E-state index in [1.54, 1.807) is 31.2 Å². The lowest BCUT2D eigenvalue weighted by Crippen LogP contribution is -2.12. The highest BCUT2D eigenvalue weighted by Crippen LogP contribution is 2.35. The Kier molecular flexibility index (Phi) is 6.65. The van der Waals surface area contributed by atoms with E-state index in [1.165, 1.54) is 0 Å². The molecular formula is C18H22F3N3O2. The van der Waals surface area contributed by atoms with Crippen molar-refractivity contribution in [3.05, 3.63) is 36.0 Å². The van der Waals surface area contributed by atoms with Gasteiger partial charge in [0.15, 0.2) is 0 Å². The molecule has 0 fully saturated rings. The lowest BCUT2D eigenvalue weighted by molar-refractivity contribution is -0.139. The van der Waals surface area contributed by atoms with Gasteiger partial charge >= 0.3 is 6.18 Å². The molecule has 142 valence electrons. The van der Waals surface area contributed by atoms with Crippen LogP contribution in [0.1, 0.15) is 39.2 Å². The van der Waals surface area contributed by atoms with Crippen LogP contribution in [-0.2, 0) is 6.18 Å². The molecule has 1 heterocycles. The molecule has 0 bridgehead atoms. The maximum absolute atomic E-state index is 13.0. The number of hydrogen-bond donors (Lipinski definition) is 1. The molecule has 0 saturated heterocycles. The Morgan fingerprint density at radius 3 is 2.42 bits per heavy atom. The minimum absolute atomic E-state index is 0.0275. The van der Waals surface area contributed by atoms with Crippen molar-refractivity contribution in [3.63, 3.8) is 0 Å². The predicted molar refractivity (Wildman–Crippen MR) is 92.9 cm³/mol. The number of anilines is 2. The van der Waals surface area contributed by atoms with Crippen LogP contribution in [0.25, 0.3) is 0 Å². The summed E-state index contributed by atoms with van der Waals surface area (Å²) < 4.78 is 49.9. The number of nitrogens with one attached hydrogen (secondary N) is 1. The number of benzene rings is 1. The number of nitrogens with zero attached hydrogens (tertiary/aromatic N) is 2. The van der Waals surface area contributed by atoms with Gasteiger partial charge in [-0.2, -0.15) is 18.2 Å². The molecule has 1 aromatic carbocycles. The van der Waals surface area contributed by atoms with Crippen molar-refractivity contribution in [1.29, 1.82) is 0 Å². The fourth-order valence-electron chi connectivity index (χ4n) is 1.99. The first-order valence-corrected chi connectivity index (χ1v) is 8.44. The SMILES string of the molecule is CCCOc1nc(Nc2ccc(OC(C)CC)cc2)ncc1C(F)(F)F. The summed E-state index contributed by atoms with van der Waals surface area (Å²) in [6, 6.07) is 7.02. The summed E-state index contributed by atoms with van der Waals surface area (Å²) in [4.78, 5) is 7.60. The quantitative estimate of drug-likeness (QED) is 0.693. The first kappa shape index (κ1) is 19.8. The predicted octanol–water partition coefficient (Wildman–Crippen LogP) is 5.21. The van der Waals surface area contributed by atoms with Crippen molar-refractivity contribution in [1.82, 2.24) is 9.97 Å². The maximum atomic E-state index is 13.0. The number of aromatic nitrogens is 2. The number of ether oxygens (including phenoxy) is 2. The summed E-state index contributed by atoms with van der Waals surface area (Å²) in [6.07, 6.45) is -2.29. The molecule has 0 spiro atoms. The van der Waals surface area contributed by atoms with Crippen molar-refractivity contribution in [2.24, 2.45) is 0 Å². The van der Waals surface area contributed by atoms with Gasteiger partial charge in [-0.15, -0.1) is 0 Å². The minimum atomic E-state index is -4.57. The van der Waals surface area contributed by atoms with Gasteiger partial charge in [-0.05, 0) is 44.0 Å². The van der Waals surface area contributed by atoms with Crippen molar-refractivity contribution in [2.45, 2.75) is 45.9 Å². The van der Waals surface area contributed by atoms with Gasteiger partial charge in [0, 0.05) is 11.9 Å². The third-order valence-electron chi connectivity index (χ3n) is 3.52. The van der Waals surface area contributed by atoms with Crippen LogP contribution in [0.2, 0.25) is 0 Å². The van der Waals surface area contributed by atoms with E-state index < -0.39 is 17.6 Å². The number of rotatable bonds is 8. The summed E-state index contributed by atoms with van der Waals surface area (Å²) in [6.45, 7) is 5.94. The monoisotopic (exact) mass is 369 g/mol. The van der Waals surface area contributed by atoms with Gasteiger partial charge in [-0.1, -0.05) is 13.8 Å². The van der Waals surface area contributed by atoms with Crippen LogP contribution in [0.4, 0.5) is 24.8 Å². The maximum Gasteiger partial charge on any atom is 0.423 e. The topological polar surface area (TPSA) is 56.3 Å². The lowest BCUT2D eigenvalue weighted by Gasteiger charge is -2.14. The summed E-state index contributed by atoms with van der Waals surface area (Å²) in [5.41, 5.74) is -0.364. The standard InChI is InChI=1S/C18H22F3N3O2/c1-4-10-25-16-15(18(19,20)21)11-22-17(24-16)23-13-6-8-14(9-7-13)26-12(3)5-2/h6-9,11-12H,4-5,10H2,1-3H3,(H,22,23,24). The van der Waals surface area contributed by atoms with Crippen LogP contribution in [0, 0.1) is 0 Å². The van der Waals surface area contributed by atoms with Gasteiger partial charge in [0.05, 0.1) is 12.7 Å². The molecule has 1 N–H and O–H groups in total. The Morgan fingerprint density at radius 2 is 1.85 bits per heavy atom. The molecule has 0 radical (unpaired) electrons. The van der Waals surface area contributed by atoms with Gasteiger partial charge in [0.25, 0.3) is 0 Å². The zero-order valence-electron chi connectivity index (χ0n) is 14.9. The van der Waals surface area contributed by atoms with Crippen LogP contribution in [0.15, 0.2) is 30.5 Å². The van der Waals surface area contributed by atoms with Crippen LogP contribution in [0.5, 0.6) is 11.6 Å². The van der Waals surface area contributed by atoms with E-state index in [1.807, 2.05) is 13.8 Å². The Hall–Kier alpha value is -2.51. The van der Waals surface area contributed by atoms with Crippen LogP contribution in [0.3, 0.4) is 0 Å².